The van der Waals surface area contributed by atoms with Crippen molar-refractivity contribution in [3.63, 3.8) is 0 Å². The van der Waals surface area contributed by atoms with Gasteiger partial charge in [-0.1, -0.05) is 0 Å². The van der Waals surface area contributed by atoms with E-state index in [-0.39, 0.29) is 23.2 Å². The fourth-order valence-electron chi connectivity index (χ4n) is 1.68. The third kappa shape index (κ3) is 3.71. The summed E-state index contributed by atoms with van der Waals surface area (Å²) in [6.07, 6.45) is 1.89. The summed E-state index contributed by atoms with van der Waals surface area (Å²) in [4.78, 5) is 33.8. The summed E-state index contributed by atoms with van der Waals surface area (Å²) in [5, 5.41) is 16.8. The molecule has 3 amide bonds. The summed E-state index contributed by atoms with van der Waals surface area (Å²) >= 11 is 0. The monoisotopic (exact) mass is 277 g/mol. The van der Waals surface area contributed by atoms with Gasteiger partial charge in [0.15, 0.2) is 0 Å². The van der Waals surface area contributed by atoms with E-state index in [0.29, 0.717) is 5.69 Å². The maximum absolute atomic E-state index is 11.6. The van der Waals surface area contributed by atoms with Crippen LogP contribution >= 0.6 is 0 Å². The van der Waals surface area contributed by atoms with Gasteiger partial charge >= 0.3 is 12.0 Å². The van der Waals surface area contributed by atoms with Gasteiger partial charge in [0.25, 0.3) is 0 Å². The Morgan fingerprint density at radius 2 is 1.90 bits per heavy atom. The topological polar surface area (TPSA) is 108 Å². The van der Waals surface area contributed by atoms with Crippen LogP contribution in [0.1, 0.15) is 30.1 Å². The van der Waals surface area contributed by atoms with Gasteiger partial charge in [0.1, 0.15) is 0 Å². The van der Waals surface area contributed by atoms with Gasteiger partial charge in [0.2, 0.25) is 5.91 Å². The first-order chi connectivity index (χ1) is 9.45. The Hall–Kier alpha value is -2.57. The van der Waals surface area contributed by atoms with E-state index in [0.717, 1.165) is 12.8 Å². The maximum atomic E-state index is 11.6. The van der Waals surface area contributed by atoms with E-state index in [4.69, 9.17) is 5.11 Å². The molecular formula is C13H15N3O4. The van der Waals surface area contributed by atoms with Gasteiger partial charge in [-0.3, -0.25) is 4.79 Å². The van der Waals surface area contributed by atoms with E-state index in [1.165, 1.54) is 25.1 Å². The molecule has 1 aliphatic rings. The molecule has 1 saturated carbocycles. The molecule has 0 spiro atoms. The predicted octanol–water partition coefficient (Wildman–Crippen LogP) is 1.63. The molecule has 0 unspecified atom stereocenters. The van der Waals surface area contributed by atoms with Crippen molar-refractivity contribution in [2.45, 2.75) is 25.8 Å². The van der Waals surface area contributed by atoms with Crippen LogP contribution in [0.5, 0.6) is 0 Å². The molecule has 0 atom stereocenters. The Morgan fingerprint density at radius 3 is 2.45 bits per heavy atom. The van der Waals surface area contributed by atoms with Crippen LogP contribution in [-0.2, 0) is 4.79 Å². The zero-order valence-corrected chi connectivity index (χ0v) is 10.9. The van der Waals surface area contributed by atoms with Crippen LogP contribution in [0.25, 0.3) is 0 Å². The molecule has 0 aromatic heterocycles. The van der Waals surface area contributed by atoms with Crippen molar-refractivity contribution in [3.05, 3.63) is 23.8 Å². The van der Waals surface area contributed by atoms with Gasteiger partial charge < -0.3 is 21.1 Å². The minimum atomic E-state index is -1.18. The Balaban J connectivity index is 2.15. The van der Waals surface area contributed by atoms with E-state index in [1.807, 2.05) is 0 Å². The van der Waals surface area contributed by atoms with Crippen LogP contribution in [0.15, 0.2) is 18.2 Å². The van der Waals surface area contributed by atoms with Crippen LogP contribution in [0.4, 0.5) is 16.2 Å². The number of benzene rings is 1. The SMILES string of the molecule is CC(=O)Nc1ccc(NC(=O)NC2CC2)c(C(=O)O)c1. The predicted molar refractivity (Wildman–Crippen MR) is 72.9 cm³/mol. The lowest BCUT2D eigenvalue weighted by Gasteiger charge is -2.11. The Kier molecular flexibility index (Phi) is 3.88. The van der Waals surface area contributed by atoms with Crippen molar-refractivity contribution in [1.82, 2.24) is 5.32 Å². The molecule has 1 aliphatic carbocycles. The molecule has 0 aliphatic heterocycles. The van der Waals surface area contributed by atoms with Crippen LogP contribution in [0.2, 0.25) is 0 Å². The third-order valence-electron chi connectivity index (χ3n) is 2.73. The minimum Gasteiger partial charge on any atom is -0.478 e. The molecule has 1 aromatic rings. The standard InChI is InChI=1S/C13H15N3O4/c1-7(17)14-9-4-5-11(10(6-9)12(18)19)16-13(20)15-8-2-3-8/h4-6,8H,2-3H2,1H3,(H,14,17)(H,18,19)(H2,15,16,20). The van der Waals surface area contributed by atoms with Gasteiger partial charge in [-0.2, -0.15) is 0 Å². The Bertz CT molecular complexity index is 567. The van der Waals surface area contributed by atoms with Crippen LogP contribution in [0.3, 0.4) is 0 Å². The van der Waals surface area contributed by atoms with E-state index >= 15 is 0 Å². The Morgan fingerprint density at radius 1 is 1.20 bits per heavy atom. The number of amides is 3. The molecule has 0 radical (unpaired) electrons. The summed E-state index contributed by atoms with van der Waals surface area (Å²) < 4.78 is 0. The van der Waals surface area contributed by atoms with Crippen molar-refractivity contribution >= 4 is 29.3 Å². The number of urea groups is 1. The highest BCUT2D eigenvalue weighted by atomic mass is 16.4. The van der Waals surface area contributed by atoms with Crippen molar-refractivity contribution in [2.24, 2.45) is 0 Å². The molecule has 0 saturated heterocycles. The zero-order chi connectivity index (χ0) is 14.7. The molecule has 4 N–H and O–H groups in total. The van der Waals surface area contributed by atoms with E-state index in [2.05, 4.69) is 16.0 Å². The molecule has 7 nitrogen and oxygen atoms in total. The summed E-state index contributed by atoms with van der Waals surface area (Å²) in [5.41, 5.74) is 0.468. The summed E-state index contributed by atoms with van der Waals surface area (Å²) in [7, 11) is 0. The summed E-state index contributed by atoms with van der Waals surface area (Å²) in [6.45, 7) is 1.33. The lowest BCUT2D eigenvalue weighted by atomic mass is 10.1. The second-order valence-electron chi connectivity index (χ2n) is 4.62. The van der Waals surface area contributed by atoms with Crippen LogP contribution in [0, 0.1) is 0 Å². The van der Waals surface area contributed by atoms with Crippen molar-refractivity contribution in [3.8, 4) is 0 Å². The highest BCUT2D eigenvalue weighted by Crippen LogP contribution is 2.22. The number of carboxylic acids is 1. The van der Waals surface area contributed by atoms with Crippen LogP contribution < -0.4 is 16.0 Å². The zero-order valence-electron chi connectivity index (χ0n) is 10.9. The first-order valence-corrected chi connectivity index (χ1v) is 6.18. The highest BCUT2D eigenvalue weighted by Gasteiger charge is 2.24. The second kappa shape index (κ2) is 5.60. The first kappa shape index (κ1) is 13.9. The van der Waals surface area contributed by atoms with Crippen LogP contribution in [-0.4, -0.2) is 29.1 Å². The van der Waals surface area contributed by atoms with Crippen molar-refractivity contribution < 1.29 is 19.5 Å². The number of carbonyl (C=O) groups excluding carboxylic acids is 2. The number of nitrogens with one attached hydrogen (secondary N) is 3. The van der Waals surface area contributed by atoms with Gasteiger partial charge in [-0.05, 0) is 31.0 Å². The lowest BCUT2D eigenvalue weighted by molar-refractivity contribution is -0.114. The molecule has 2 rings (SSSR count). The van der Waals surface area contributed by atoms with Crippen molar-refractivity contribution in [1.29, 1.82) is 0 Å². The normalized spacial score (nSPS) is 13.4. The molecule has 1 fully saturated rings. The summed E-state index contributed by atoms with van der Waals surface area (Å²) in [5.74, 6) is -1.48. The highest BCUT2D eigenvalue weighted by molar-refractivity contribution is 6.02. The number of hydrogen-bond acceptors (Lipinski definition) is 3. The molecule has 0 heterocycles. The number of carboxylic acid groups (broad SMARTS) is 1. The number of rotatable bonds is 4. The van der Waals surface area contributed by atoms with E-state index in [1.54, 1.807) is 0 Å². The van der Waals surface area contributed by atoms with Gasteiger partial charge in [-0.15, -0.1) is 0 Å². The molecule has 7 heteroatoms. The average molecular weight is 277 g/mol. The number of anilines is 2. The number of carbonyl (C=O) groups is 3. The minimum absolute atomic E-state index is 0.0813. The maximum Gasteiger partial charge on any atom is 0.337 e. The molecular weight excluding hydrogens is 262 g/mol. The average Bonchev–Trinajstić information content (AvgIpc) is 3.13. The van der Waals surface area contributed by atoms with E-state index in [9.17, 15) is 14.4 Å². The largest absolute Gasteiger partial charge is 0.478 e. The second-order valence-corrected chi connectivity index (χ2v) is 4.62. The number of aromatic carboxylic acids is 1. The first-order valence-electron chi connectivity index (χ1n) is 6.18. The molecule has 0 bridgehead atoms. The summed E-state index contributed by atoms with van der Waals surface area (Å²) in [6, 6.07) is 4.03. The van der Waals surface area contributed by atoms with Gasteiger partial charge in [0, 0.05) is 18.7 Å². The van der Waals surface area contributed by atoms with Gasteiger partial charge in [0.05, 0.1) is 11.3 Å². The van der Waals surface area contributed by atoms with Crippen molar-refractivity contribution in [2.75, 3.05) is 10.6 Å². The lowest BCUT2D eigenvalue weighted by Crippen LogP contribution is -2.31. The fourth-order valence-corrected chi connectivity index (χ4v) is 1.68. The third-order valence-corrected chi connectivity index (χ3v) is 2.73. The van der Waals surface area contributed by atoms with E-state index < -0.39 is 12.0 Å². The molecule has 20 heavy (non-hydrogen) atoms. The molecule has 1 aromatic carbocycles. The Labute approximate surface area is 115 Å². The number of hydrogen-bond donors (Lipinski definition) is 4. The quantitative estimate of drug-likeness (QED) is 0.670. The molecule has 106 valence electrons. The fraction of sp³-hybridized carbons (Fsp3) is 0.308. The van der Waals surface area contributed by atoms with Gasteiger partial charge in [-0.25, -0.2) is 9.59 Å². The smallest absolute Gasteiger partial charge is 0.337 e.